The van der Waals surface area contributed by atoms with E-state index in [1.165, 1.54) is 22.3 Å². The van der Waals surface area contributed by atoms with Crippen molar-refractivity contribution in [3.8, 4) is 11.1 Å². The lowest BCUT2D eigenvalue weighted by atomic mass is 9.81. The van der Waals surface area contributed by atoms with Crippen LogP contribution in [0.3, 0.4) is 0 Å². The quantitative estimate of drug-likeness (QED) is 0.275. The predicted octanol–water partition coefficient (Wildman–Crippen LogP) is 8.61. The Morgan fingerprint density at radius 2 is 1.69 bits per heavy atom. The minimum Gasteiger partial charge on any atom is -0.479 e. The van der Waals surface area contributed by atoms with Gasteiger partial charge >= 0.3 is 5.97 Å². The van der Waals surface area contributed by atoms with Gasteiger partial charge in [-0.1, -0.05) is 70.2 Å². The third-order valence-corrected chi connectivity index (χ3v) is 9.63. The topological polar surface area (TPSA) is 65.9 Å². The van der Waals surface area contributed by atoms with Gasteiger partial charge in [-0.25, -0.2) is 4.79 Å². The second-order valence-electron chi connectivity index (χ2n) is 15.3. The average molecular weight is 612 g/mol. The van der Waals surface area contributed by atoms with Crippen molar-refractivity contribution in [1.82, 2.24) is 9.88 Å². The molecule has 6 nitrogen and oxygen atoms in total. The number of aryl methyl sites for hydroxylation is 2. The van der Waals surface area contributed by atoms with Gasteiger partial charge < -0.3 is 14.7 Å². The Morgan fingerprint density at radius 1 is 1.00 bits per heavy atom. The molecule has 1 aromatic heterocycles. The first-order valence-electron chi connectivity index (χ1n) is 16.7. The molecule has 0 spiro atoms. The lowest BCUT2D eigenvalue weighted by Crippen LogP contribution is -2.39. The van der Waals surface area contributed by atoms with Gasteiger partial charge in [0.1, 0.15) is 0 Å². The van der Waals surface area contributed by atoms with Crippen molar-refractivity contribution in [3.63, 3.8) is 0 Å². The molecule has 1 fully saturated rings. The molecule has 1 N–H and O–H groups in total. The first kappa shape index (κ1) is 33.2. The highest BCUT2D eigenvalue weighted by molar-refractivity contribution is 5.88. The summed E-state index contributed by atoms with van der Waals surface area (Å²) in [6, 6.07) is 15.7. The molecule has 45 heavy (non-hydrogen) atoms. The molecular formula is C39H53N3O3. The lowest BCUT2D eigenvalue weighted by molar-refractivity contribution is -0.160. The van der Waals surface area contributed by atoms with E-state index in [0.29, 0.717) is 11.5 Å². The summed E-state index contributed by atoms with van der Waals surface area (Å²) in [5.41, 5.74) is 10.7. The summed E-state index contributed by atoms with van der Waals surface area (Å²) in [7, 11) is 0. The van der Waals surface area contributed by atoms with Gasteiger partial charge in [-0.2, -0.15) is 0 Å². The number of benzene rings is 2. The van der Waals surface area contributed by atoms with Crippen LogP contribution in [0.5, 0.6) is 0 Å². The normalized spacial score (nSPS) is 17.8. The third kappa shape index (κ3) is 7.44. The summed E-state index contributed by atoms with van der Waals surface area (Å²) in [5, 5.41) is 10.5. The van der Waals surface area contributed by atoms with Gasteiger partial charge in [-0.05, 0) is 93.0 Å². The van der Waals surface area contributed by atoms with Crippen molar-refractivity contribution in [2.75, 3.05) is 24.5 Å². The van der Waals surface area contributed by atoms with E-state index >= 15 is 0 Å². The van der Waals surface area contributed by atoms with E-state index in [-0.39, 0.29) is 5.41 Å². The standard InChI is InChI=1S/C39H53N3O3/c1-25(2)32-13-11-10-12-31(32)24-41-19-16-28-22-29(14-15-30(28)23-41)33-26(3)40-27(4)34(36(37(43)44)45-38(5,6)7)35(33)42-20-17-39(8,9)18-21-42/h10-15,22,25,36H,16-21,23-24H2,1-9H3,(H,43,44)/t36-/m0/s1. The van der Waals surface area contributed by atoms with Crippen LogP contribution in [0.4, 0.5) is 5.69 Å². The van der Waals surface area contributed by atoms with Crippen LogP contribution < -0.4 is 4.90 Å². The van der Waals surface area contributed by atoms with Crippen molar-refractivity contribution in [2.24, 2.45) is 5.41 Å². The number of anilines is 1. The van der Waals surface area contributed by atoms with Crippen molar-refractivity contribution in [1.29, 1.82) is 0 Å². The molecule has 1 saturated heterocycles. The van der Waals surface area contributed by atoms with Gasteiger partial charge in [-0.3, -0.25) is 9.88 Å². The van der Waals surface area contributed by atoms with E-state index < -0.39 is 17.7 Å². The molecule has 0 amide bonds. The van der Waals surface area contributed by atoms with Crippen LogP contribution in [0.1, 0.15) is 113 Å². The minimum atomic E-state index is -1.11. The highest BCUT2D eigenvalue weighted by Crippen LogP contribution is 2.45. The molecule has 2 aliphatic rings. The Kier molecular flexibility index (Phi) is 9.49. The SMILES string of the molecule is Cc1nc(C)c([C@H](OC(C)(C)C)C(=O)O)c(N2CCC(C)(C)CC2)c1-c1ccc2c(c1)CCN(Cc1ccccc1C(C)C)C2. The van der Waals surface area contributed by atoms with Crippen LogP contribution in [0.25, 0.3) is 11.1 Å². The van der Waals surface area contributed by atoms with Crippen LogP contribution in [0.2, 0.25) is 0 Å². The molecule has 0 radical (unpaired) electrons. The van der Waals surface area contributed by atoms with Crippen molar-refractivity contribution in [2.45, 2.75) is 112 Å². The number of carbonyl (C=O) groups is 1. The molecule has 0 saturated carbocycles. The summed E-state index contributed by atoms with van der Waals surface area (Å²) >= 11 is 0. The van der Waals surface area contributed by atoms with Crippen LogP contribution in [-0.4, -0.2) is 46.2 Å². The maximum atomic E-state index is 12.8. The van der Waals surface area contributed by atoms with E-state index in [1.807, 2.05) is 27.7 Å². The number of aliphatic carboxylic acids is 1. The number of pyridine rings is 1. The number of hydrogen-bond acceptors (Lipinski definition) is 5. The van der Waals surface area contributed by atoms with Crippen LogP contribution in [0.15, 0.2) is 42.5 Å². The summed E-state index contributed by atoms with van der Waals surface area (Å²) in [6.07, 6.45) is 1.96. The zero-order chi connectivity index (χ0) is 32.7. The molecule has 0 unspecified atom stereocenters. The Bertz CT molecular complexity index is 1540. The van der Waals surface area contributed by atoms with E-state index in [2.05, 4.69) is 86.9 Å². The molecule has 3 heterocycles. The van der Waals surface area contributed by atoms with Crippen molar-refractivity contribution >= 4 is 11.7 Å². The maximum absolute atomic E-state index is 12.8. The summed E-state index contributed by atoms with van der Waals surface area (Å²) in [4.78, 5) is 22.8. The van der Waals surface area contributed by atoms with Gasteiger partial charge in [0.15, 0.2) is 6.10 Å². The highest BCUT2D eigenvalue weighted by atomic mass is 16.5. The minimum absolute atomic E-state index is 0.259. The number of aromatic nitrogens is 1. The molecule has 2 aromatic carbocycles. The molecule has 1 atom stereocenters. The van der Waals surface area contributed by atoms with E-state index in [0.717, 1.165) is 80.2 Å². The lowest BCUT2D eigenvalue weighted by Gasteiger charge is -2.41. The Morgan fingerprint density at radius 3 is 2.33 bits per heavy atom. The molecular weight excluding hydrogens is 558 g/mol. The Labute approximate surface area is 270 Å². The fourth-order valence-electron chi connectivity index (χ4n) is 7.14. The molecule has 0 aliphatic carbocycles. The number of rotatable bonds is 8. The Hall–Kier alpha value is -3.22. The van der Waals surface area contributed by atoms with E-state index in [9.17, 15) is 9.90 Å². The van der Waals surface area contributed by atoms with Gasteiger partial charge in [0.2, 0.25) is 0 Å². The number of nitrogens with zero attached hydrogens (tertiary/aromatic N) is 3. The summed E-state index contributed by atoms with van der Waals surface area (Å²) < 4.78 is 6.27. The zero-order valence-corrected chi connectivity index (χ0v) is 29.0. The highest BCUT2D eigenvalue weighted by Gasteiger charge is 2.36. The Balaban J connectivity index is 1.56. The fourth-order valence-corrected chi connectivity index (χ4v) is 7.14. The van der Waals surface area contributed by atoms with Gasteiger partial charge in [-0.15, -0.1) is 0 Å². The van der Waals surface area contributed by atoms with E-state index in [4.69, 9.17) is 9.72 Å². The first-order chi connectivity index (χ1) is 21.1. The van der Waals surface area contributed by atoms with Crippen LogP contribution in [0, 0.1) is 19.3 Å². The second kappa shape index (κ2) is 12.9. The number of ether oxygens (including phenoxy) is 1. The molecule has 242 valence electrons. The summed E-state index contributed by atoms with van der Waals surface area (Å²) in [6.45, 7) is 23.6. The predicted molar refractivity (Wildman–Crippen MR) is 184 cm³/mol. The van der Waals surface area contributed by atoms with E-state index in [1.54, 1.807) is 0 Å². The molecule has 6 heteroatoms. The molecule has 2 aliphatic heterocycles. The summed E-state index contributed by atoms with van der Waals surface area (Å²) in [5.74, 6) is -0.473. The van der Waals surface area contributed by atoms with Crippen LogP contribution >= 0.6 is 0 Å². The zero-order valence-electron chi connectivity index (χ0n) is 29.0. The van der Waals surface area contributed by atoms with Crippen LogP contribution in [-0.2, 0) is 29.0 Å². The second-order valence-corrected chi connectivity index (χ2v) is 15.3. The smallest absolute Gasteiger partial charge is 0.337 e. The maximum Gasteiger partial charge on any atom is 0.337 e. The molecule has 3 aromatic rings. The number of piperidine rings is 1. The third-order valence-electron chi connectivity index (χ3n) is 9.63. The number of carboxylic acids is 1. The van der Waals surface area contributed by atoms with Crippen molar-refractivity contribution < 1.29 is 14.6 Å². The monoisotopic (exact) mass is 611 g/mol. The number of fused-ring (bicyclic) bond motifs is 1. The number of hydrogen-bond donors (Lipinski definition) is 1. The first-order valence-corrected chi connectivity index (χ1v) is 16.7. The van der Waals surface area contributed by atoms with Gasteiger partial charge in [0.25, 0.3) is 0 Å². The van der Waals surface area contributed by atoms with Crippen molar-refractivity contribution in [3.05, 3.63) is 81.7 Å². The largest absolute Gasteiger partial charge is 0.479 e. The number of carboxylic acid groups (broad SMARTS) is 1. The average Bonchev–Trinajstić information content (AvgIpc) is 2.95. The molecule has 5 rings (SSSR count). The van der Waals surface area contributed by atoms with Gasteiger partial charge in [0, 0.05) is 55.2 Å². The molecule has 0 bridgehead atoms. The fraction of sp³-hybridized carbons (Fsp3) is 0.538. The van der Waals surface area contributed by atoms with Gasteiger partial charge in [0.05, 0.1) is 11.3 Å².